The third kappa shape index (κ3) is 4.09. The predicted octanol–water partition coefficient (Wildman–Crippen LogP) is 2.09. The van der Waals surface area contributed by atoms with Crippen molar-refractivity contribution in [2.75, 3.05) is 6.61 Å². The minimum absolute atomic E-state index is 0.0193. The summed E-state index contributed by atoms with van der Waals surface area (Å²) in [6, 6.07) is 8.58. The lowest BCUT2D eigenvalue weighted by Crippen LogP contribution is -2.44. The molecule has 2 heterocycles. The van der Waals surface area contributed by atoms with Gasteiger partial charge < -0.3 is 14.6 Å². The number of rotatable bonds is 8. The first-order valence-corrected chi connectivity index (χ1v) is 11.4. The third-order valence-electron chi connectivity index (χ3n) is 5.12. The van der Waals surface area contributed by atoms with Crippen LogP contribution in [0.3, 0.4) is 0 Å². The normalized spacial score (nSPS) is 13.2. The number of aromatic nitrogens is 3. The molecular formula is C21H22N4O6S. The summed E-state index contributed by atoms with van der Waals surface area (Å²) < 4.78 is 35.2. The number of carboxylic acids is 1. The molecule has 2 aromatic heterocycles. The molecular weight excluding hydrogens is 436 g/mol. The highest BCUT2D eigenvalue weighted by Gasteiger charge is 2.28. The fourth-order valence-corrected chi connectivity index (χ4v) is 4.77. The molecule has 0 saturated heterocycles. The van der Waals surface area contributed by atoms with Crippen LogP contribution in [0.2, 0.25) is 0 Å². The molecule has 0 unspecified atom stereocenters. The van der Waals surface area contributed by atoms with Crippen LogP contribution in [0, 0.1) is 5.92 Å². The highest BCUT2D eigenvalue weighted by molar-refractivity contribution is 7.89. The molecule has 0 spiro atoms. The monoisotopic (exact) mass is 458 g/mol. The number of sulfonamides is 1. The summed E-state index contributed by atoms with van der Waals surface area (Å²) in [6.07, 6.45) is 2.13. The highest BCUT2D eigenvalue weighted by Crippen LogP contribution is 2.32. The van der Waals surface area contributed by atoms with Gasteiger partial charge in [-0.1, -0.05) is 19.1 Å². The molecule has 0 aliphatic rings. The third-order valence-corrected chi connectivity index (χ3v) is 6.56. The molecule has 11 heteroatoms. The lowest BCUT2D eigenvalue weighted by atomic mass is 10.1. The number of hydrogen-bond donors (Lipinski definition) is 3. The summed E-state index contributed by atoms with van der Waals surface area (Å²) in [7, 11) is -4.07. The second-order valence-electron chi connectivity index (χ2n) is 7.75. The Bertz CT molecular complexity index is 1410. The van der Waals surface area contributed by atoms with Gasteiger partial charge in [-0.25, -0.2) is 13.1 Å². The van der Waals surface area contributed by atoms with E-state index in [1.165, 1.54) is 12.1 Å². The lowest BCUT2D eigenvalue weighted by molar-refractivity contribution is -0.140. The minimum Gasteiger partial charge on any atom is -0.480 e. The van der Waals surface area contributed by atoms with E-state index in [0.717, 1.165) is 11.1 Å². The van der Waals surface area contributed by atoms with Gasteiger partial charge in [0, 0.05) is 29.9 Å². The first-order valence-electron chi connectivity index (χ1n) is 9.93. The van der Waals surface area contributed by atoms with Crippen LogP contribution in [0.4, 0.5) is 0 Å². The van der Waals surface area contributed by atoms with E-state index in [4.69, 9.17) is 9.52 Å². The van der Waals surface area contributed by atoms with E-state index in [9.17, 15) is 18.3 Å². The summed E-state index contributed by atoms with van der Waals surface area (Å²) in [5.74, 6) is -1.67. The molecule has 32 heavy (non-hydrogen) atoms. The molecule has 0 amide bonds. The number of benzene rings is 2. The van der Waals surface area contributed by atoms with E-state index in [2.05, 4.69) is 15.0 Å². The van der Waals surface area contributed by atoms with E-state index in [0.29, 0.717) is 28.7 Å². The highest BCUT2D eigenvalue weighted by atomic mass is 32.2. The van der Waals surface area contributed by atoms with Crippen molar-refractivity contribution < 1.29 is 27.8 Å². The average Bonchev–Trinajstić information content (AvgIpc) is 3.35. The number of nitrogens with zero attached hydrogens (tertiary/aromatic N) is 3. The van der Waals surface area contributed by atoms with Gasteiger partial charge in [-0.2, -0.15) is 4.72 Å². The fourth-order valence-electron chi connectivity index (χ4n) is 3.42. The van der Waals surface area contributed by atoms with Crippen molar-refractivity contribution in [3.05, 3.63) is 48.3 Å². The van der Waals surface area contributed by atoms with E-state index >= 15 is 0 Å². The van der Waals surface area contributed by atoms with Gasteiger partial charge >= 0.3 is 5.97 Å². The Morgan fingerprint density at radius 1 is 1.16 bits per heavy atom. The first-order chi connectivity index (χ1) is 15.2. The Balaban J connectivity index is 1.72. The number of hydrogen-bond acceptors (Lipinski definition) is 7. The molecule has 0 aliphatic carbocycles. The largest absolute Gasteiger partial charge is 0.480 e. The van der Waals surface area contributed by atoms with Crippen molar-refractivity contribution >= 4 is 37.9 Å². The number of aliphatic carboxylic acids is 1. The quantitative estimate of drug-likeness (QED) is 0.364. The molecule has 168 valence electrons. The number of furan rings is 1. The maximum Gasteiger partial charge on any atom is 0.322 e. The summed E-state index contributed by atoms with van der Waals surface area (Å²) in [5.41, 5.74) is 2.31. The lowest BCUT2D eigenvalue weighted by Gasteiger charge is -2.17. The number of carboxylic acid groups (broad SMARTS) is 1. The standard InChI is InChI=1S/C21H22N4O6S/c1-12(2)20(21(27)28)23-32(29,30)15-4-5-16-17-9-14(3-6-18(17)31-19(16)10-15)25-11-13(7-8-26)22-24-25/h3-6,9-12,20,23,26H,7-8H2,1-2H3,(H,27,28)/t20-/m0/s1. The van der Waals surface area contributed by atoms with Crippen molar-refractivity contribution in [1.82, 2.24) is 19.7 Å². The molecule has 0 aliphatic heterocycles. The number of fused-ring (bicyclic) bond motifs is 3. The van der Waals surface area contributed by atoms with Gasteiger partial charge in [0.2, 0.25) is 10.0 Å². The second kappa shape index (κ2) is 8.34. The molecule has 0 radical (unpaired) electrons. The van der Waals surface area contributed by atoms with Gasteiger partial charge in [-0.05, 0) is 36.2 Å². The zero-order chi connectivity index (χ0) is 23.0. The van der Waals surface area contributed by atoms with E-state index < -0.39 is 28.0 Å². The van der Waals surface area contributed by atoms with Crippen LogP contribution < -0.4 is 4.72 Å². The molecule has 0 saturated carbocycles. The Morgan fingerprint density at radius 2 is 1.94 bits per heavy atom. The zero-order valence-electron chi connectivity index (χ0n) is 17.4. The van der Waals surface area contributed by atoms with Gasteiger partial charge in [-0.3, -0.25) is 4.79 Å². The average molecular weight is 458 g/mol. The number of aliphatic hydroxyl groups excluding tert-OH is 1. The second-order valence-corrected chi connectivity index (χ2v) is 9.46. The Hall–Kier alpha value is -3.28. The van der Waals surface area contributed by atoms with Crippen LogP contribution in [-0.4, -0.2) is 52.2 Å². The van der Waals surface area contributed by atoms with Crippen LogP contribution in [0.15, 0.2) is 51.9 Å². The van der Waals surface area contributed by atoms with Gasteiger partial charge in [-0.15, -0.1) is 5.10 Å². The molecule has 1 atom stereocenters. The smallest absolute Gasteiger partial charge is 0.322 e. The Morgan fingerprint density at radius 3 is 2.62 bits per heavy atom. The van der Waals surface area contributed by atoms with Crippen LogP contribution in [-0.2, 0) is 21.2 Å². The van der Waals surface area contributed by atoms with Crippen LogP contribution in [0.1, 0.15) is 19.5 Å². The van der Waals surface area contributed by atoms with Gasteiger partial charge in [0.05, 0.1) is 22.5 Å². The van der Waals surface area contributed by atoms with E-state index in [1.54, 1.807) is 42.9 Å². The fraction of sp³-hybridized carbons (Fsp3) is 0.286. The number of nitrogens with one attached hydrogen (secondary N) is 1. The van der Waals surface area contributed by atoms with Gasteiger partial charge in [0.15, 0.2) is 0 Å². The predicted molar refractivity (Wildman–Crippen MR) is 116 cm³/mol. The molecule has 0 fully saturated rings. The molecule has 3 N–H and O–H groups in total. The molecule has 4 rings (SSSR count). The summed E-state index contributed by atoms with van der Waals surface area (Å²) in [4.78, 5) is 11.3. The van der Waals surface area contributed by atoms with Crippen molar-refractivity contribution in [1.29, 1.82) is 0 Å². The number of aliphatic hydroxyl groups is 1. The Labute approximate surface area is 183 Å². The van der Waals surface area contributed by atoms with Crippen molar-refractivity contribution in [3.63, 3.8) is 0 Å². The van der Waals surface area contributed by atoms with Gasteiger partial charge in [0.25, 0.3) is 0 Å². The molecule has 0 bridgehead atoms. The maximum atomic E-state index is 12.8. The molecule has 10 nitrogen and oxygen atoms in total. The molecule has 4 aromatic rings. The number of carbonyl (C=O) groups is 1. The summed E-state index contributed by atoms with van der Waals surface area (Å²) >= 11 is 0. The van der Waals surface area contributed by atoms with Crippen LogP contribution >= 0.6 is 0 Å². The topological polar surface area (TPSA) is 148 Å². The SMILES string of the molecule is CC(C)[C@H](NS(=O)(=O)c1ccc2c(c1)oc1ccc(-n3cc(CCO)nn3)cc12)C(=O)O. The van der Waals surface area contributed by atoms with Crippen molar-refractivity contribution in [2.45, 2.75) is 31.2 Å². The first kappa shape index (κ1) is 21.9. The van der Waals surface area contributed by atoms with Gasteiger partial charge in [0.1, 0.15) is 17.2 Å². The van der Waals surface area contributed by atoms with E-state index in [1.807, 2.05) is 6.07 Å². The maximum absolute atomic E-state index is 12.8. The van der Waals surface area contributed by atoms with Crippen LogP contribution in [0.25, 0.3) is 27.6 Å². The Kier molecular flexibility index (Phi) is 5.71. The minimum atomic E-state index is -4.07. The summed E-state index contributed by atoms with van der Waals surface area (Å²) in [5, 5.41) is 27.9. The van der Waals surface area contributed by atoms with Crippen molar-refractivity contribution in [3.8, 4) is 5.69 Å². The zero-order valence-corrected chi connectivity index (χ0v) is 18.2. The van der Waals surface area contributed by atoms with Crippen molar-refractivity contribution in [2.24, 2.45) is 5.92 Å². The molecule has 2 aromatic carbocycles. The summed E-state index contributed by atoms with van der Waals surface area (Å²) in [6.45, 7) is 3.24. The van der Waals surface area contributed by atoms with Crippen LogP contribution in [0.5, 0.6) is 0 Å². The van der Waals surface area contributed by atoms with E-state index in [-0.39, 0.29) is 11.5 Å².